The van der Waals surface area contributed by atoms with Crippen LogP contribution < -0.4 is 0 Å². The Bertz CT molecular complexity index is 466. The van der Waals surface area contributed by atoms with Gasteiger partial charge in [0.05, 0.1) is 22.9 Å². The summed E-state index contributed by atoms with van der Waals surface area (Å²) in [6.07, 6.45) is 5.73. The third-order valence-corrected chi connectivity index (χ3v) is 2.22. The van der Waals surface area contributed by atoms with Crippen LogP contribution in [0.25, 0.3) is 17.1 Å². The van der Waals surface area contributed by atoms with E-state index in [4.69, 9.17) is 0 Å². The van der Waals surface area contributed by atoms with Crippen LogP contribution in [0, 0.1) is 0 Å². The molecule has 0 radical (unpaired) electrons. The van der Waals surface area contributed by atoms with Crippen LogP contribution in [0.5, 0.6) is 0 Å². The summed E-state index contributed by atoms with van der Waals surface area (Å²) in [7, 11) is 0. The van der Waals surface area contributed by atoms with Crippen molar-refractivity contribution in [2.45, 2.75) is 0 Å². The summed E-state index contributed by atoms with van der Waals surface area (Å²) in [4.78, 5) is 8.75. The van der Waals surface area contributed by atoms with Crippen molar-refractivity contribution in [3.05, 3.63) is 42.2 Å². The molecule has 0 saturated heterocycles. The molecule has 1 aromatic carbocycles. The highest BCUT2D eigenvalue weighted by Gasteiger charge is 1.94. The summed E-state index contributed by atoms with van der Waals surface area (Å²) in [5, 5.41) is 0.835. The van der Waals surface area contributed by atoms with Gasteiger partial charge in [-0.2, -0.15) is 0 Å². The first-order valence-corrected chi connectivity index (χ1v) is 5.46. The molecule has 2 rings (SSSR count). The van der Waals surface area contributed by atoms with Crippen LogP contribution in [0.3, 0.4) is 0 Å². The molecule has 0 atom stereocenters. The van der Waals surface area contributed by atoms with Gasteiger partial charge in [-0.15, -0.1) is 0 Å². The summed E-state index contributed by atoms with van der Waals surface area (Å²) >= 11 is 3.32. The molecule has 0 unspecified atom stereocenters. The summed E-state index contributed by atoms with van der Waals surface area (Å²) in [6.45, 7) is 0. The number of benzene rings is 1. The van der Waals surface area contributed by atoms with Gasteiger partial charge in [0.15, 0.2) is 0 Å². The number of para-hydroxylation sites is 2. The van der Waals surface area contributed by atoms with Crippen LogP contribution in [-0.4, -0.2) is 15.3 Å². The van der Waals surface area contributed by atoms with E-state index in [1.165, 1.54) is 0 Å². The Hall–Kier alpha value is -1.22. The molecule has 1 aromatic heterocycles. The third kappa shape index (κ3) is 1.99. The maximum Gasteiger partial charge on any atom is 0.0894 e. The first-order valence-electron chi connectivity index (χ1n) is 4.34. The molecule has 70 valence electrons. The third-order valence-electron chi connectivity index (χ3n) is 1.84. The zero-order valence-corrected chi connectivity index (χ0v) is 9.11. The highest BCUT2D eigenvalue weighted by Crippen LogP contribution is 2.09. The number of alkyl halides is 1. The molecule has 14 heavy (non-hydrogen) atoms. The molecule has 0 N–H and O–H groups in total. The van der Waals surface area contributed by atoms with Gasteiger partial charge < -0.3 is 0 Å². The van der Waals surface area contributed by atoms with E-state index in [-0.39, 0.29) is 0 Å². The zero-order valence-electron chi connectivity index (χ0n) is 7.52. The molecular formula is C11H9BrN2. The van der Waals surface area contributed by atoms with Gasteiger partial charge in [-0.1, -0.05) is 34.1 Å². The second-order valence-electron chi connectivity index (χ2n) is 2.84. The van der Waals surface area contributed by atoms with Crippen LogP contribution in [-0.2, 0) is 0 Å². The minimum Gasteiger partial charge on any atom is -0.252 e. The first kappa shape index (κ1) is 9.34. The van der Waals surface area contributed by atoms with E-state index in [9.17, 15) is 0 Å². The van der Waals surface area contributed by atoms with Crippen molar-refractivity contribution in [3.8, 4) is 0 Å². The normalized spacial score (nSPS) is 11.2. The van der Waals surface area contributed by atoms with E-state index < -0.39 is 0 Å². The van der Waals surface area contributed by atoms with E-state index in [1.54, 1.807) is 6.20 Å². The van der Waals surface area contributed by atoms with Crippen LogP contribution in [0.1, 0.15) is 5.69 Å². The number of allylic oxidation sites excluding steroid dienone is 1. The molecule has 0 bridgehead atoms. The van der Waals surface area contributed by atoms with Crippen molar-refractivity contribution in [3.63, 3.8) is 0 Å². The number of nitrogens with zero attached hydrogens (tertiary/aromatic N) is 2. The molecule has 0 fully saturated rings. The molecule has 1 heterocycles. The Labute approximate surface area is 90.8 Å². The van der Waals surface area contributed by atoms with Gasteiger partial charge in [-0.25, -0.2) is 4.98 Å². The fourth-order valence-corrected chi connectivity index (χ4v) is 1.40. The summed E-state index contributed by atoms with van der Waals surface area (Å²) in [5.74, 6) is 0. The Balaban J connectivity index is 2.46. The lowest BCUT2D eigenvalue weighted by atomic mass is 10.3. The topological polar surface area (TPSA) is 25.8 Å². The Morgan fingerprint density at radius 1 is 1.21 bits per heavy atom. The molecule has 3 heteroatoms. The maximum absolute atomic E-state index is 4.44. The van der Waals surface area contributed by atoms with Gasteiger partial charge in [0.1, 0.15) is 0 Å². The lowest BCUT2D eigenvalue weighted by Gasteiger charge is -1.96. The number of fused-ring (bicyclic) bond motifs is 1. The van der Waals surface area contributed by atoms with Crippen molar-refractivity contribution in [2.75, 3.05) is 5.33 Å². The van der Waals surface area contributed by atoms with Gasteiger partial charge in [0, 0.05) is 5.33 Å². The van der Waals surface area contributed by atoms with Crippen LogP contribution in [0.15, 0.2) is 36.5 Å². The fraction of sp³-hybridized carbons (Fsp3) is 0.0909. The van der Waals surface area contributed by atoms with Crippen LogP contribution >= 0.6 is 15.9 Å². The van der Waals surface area contributed by atoms with Crippen molar-refractivity contribution >= 4 is 33.0 Å². The highest BCUT2D eigenvalue weighted by atomic mass is 79.9. The van der Waals surface area contributed by atoms with Crippen molar-refractivity contribution in [1.82, 2.24) is 9.97 Å². The number of hydrogen-bond acceptors (Lipinski definition) is 2. The average Bonchev–Trinajstić information content (AvgIpc) is 2.26. The molecule has 0 aliphatic carbocycles. The fourth-order valence-electron chi connectivity index (χ4n) is 1.22. The van der Waals surface area contributed by atoms with Crippen molar-refractivity contribution < 1.29 is 0 Å². The zero-order chi connectivity index (χ0) is 9.80. The molecule has 2 aromatic rings. The van der Waals surface area contributed by atoms with E-state index in [1.807, 2.05) is 36.4 Å². The summed E-state index contributed by atoms with van der Waals surface area (Å²) in [5.41, 5.74) is 2.76. The average molecular weight is 249 g/mol. The van der Waals surface area contributed by atoms with Gasteiger partial charge in [0.2, 0.25) is 0 Å². The van der Waals surface area contributed by atoms with Gasteiger partial charge >= 0.3 is 0 Å². The second kappa shape index (κ2) is 4.33. The van der Waals surface area contributed by atoms with Crippen LogP contribution in [0.4, 0.5) is 0 Å². The summed E-state index contributed by atoms with van der Waals surface area (Å²) in [6, 6.07) is 7.86. The molecule has 2 nitrogen and oxygen atoms in total. The molecule has 0 aliphatic rings. The van der Waals surface area contributed by atoms with Crippen LogP contribution in [0.2, 0.25) is 0 Å². The number of aromatic nitrogens is 2. The first-order chi connectivity index (χ1) is 6.90. The van der Waals surface area contributed by atoms with E-state index >= 15 is 0 Å². The molecule has 0 aliphatic heterocycles. The molecule has 0 saturated carbocycles. The number of halogens is 1. The monoisotopic (exact) mass is 248 g/mol. The minimum atomic E-state index is 0.835. The number of rotatable bonds is 2. The Morgan fingerprint density at radius 2 is 2.00 bits per heavy atom. The van der Waals surface area contributed by atoms with E-state index in [0.29, 0.717) is 0 Å². The summed E-state index contributed by atoms with van der Waals surface area (Å²) < 4.78 is 0. The maximum atomic E-state index is 4.44. The quantitative estimate of drug-likeness (QED) is 0.764. The second-order valence-corrected chi connectivity index (χ2v) is 3.49. The van der Waals surface area contributed by atoms with Gasteiger partial charge in [-0.3, -0.25) is 4.98 Å². The lowest BCUT2D eigenvalue weighted by Crippen LogP contribution is -1.86. The number of hydrogen-bond donors (Lipinski definition) is 0. The standard InChI is InChI=1S/C11H9BrN2/c12-7-3-4-9-8-13-10-5-1-2-6-11(10)14-9/h1-6,8H,7H2. The van der Waals surface area contributed by atoms with Gasteiger partial charge in [0.25, 0.3) is 0 Å². The SMILES string of the molecule is BrCC=Cc1cnc2ccccc2n1. The Kier molecular flexibility index (Phi) is 2.89. The highest BCUT2D eigenvalue weighted by molar-refractivity contribution is 9.09. The molecular weight excluding hydrogens is 240 g/mol. The lowest BCUT2D eigenvalue weighted by molar-refractivity contribution is 1.26. The Morgan fingerprint density at radius 3 is 2.79 bits per heavy atom. The largest absolute Gasteiger partial charge is 0.252 e. The van der Waals surface area contributed by atoms with E-state index in [0.717, 1.165) is 22.1 Å². The predicted molar refractivity (Wildman–Crippen MR) is 62.4 cm³/mol. The predicted octanol–water partition coefficient (Wildman–Crippen LogP) is 3.04. The smallest absolute Gasteiger partial charge is 0.0894 e. The van der Waals surface area contributed by atoms with Gasteiger partial charge in [-0.05, 0) is 18.2 Å². The minimum absolute atomic E-state index is 0.835. The molecule has 0 spiro atoms. The van der Waals surface area contributed by atoms with Crippen molar-refractivity contribution in [1.29, 1.82) is 0 Å². The van der Waals surface area contributed by atoms with Crippen molar-refractivity contribution in [2.24, 2.45) is 0 Å². The van der Waals surface area contributed by atoms with E-state index in [2.05, 4.69) is 25.9 Å². The molecule has 0 amide bonds.